The van der Waals surface area contributed by atoms with Crippen LogP contribution in [0.3, 0.4) is 0 Å². The minimum Gasteiger partial charge on any atom is -0.365 e. The third kappa shape index (κ3) is 2.68. The second-order valence-corrected chi connectivity index (χ2v) is 5.79. The van der Waals surface area contributed by atoms with E-state index in [0.29, 0.717) is 6.61 Å². The van der Waals surface area contributed by atoms with Crippen molar-refractivity contribution in [2.24, 2.45) is 0 Å². The molecule has 1 amide bonds. The summed E-state index contributed by atoms with van der Waals surface area (Å²) in [6, 6.07) is 16.5. The Balaban J connectivity index is 1.96. The fourth-order valence-corrected chi connectivity index (χ4v) is 3.24. The summed E-state index contributed by atoms with van der Waals surface area (Å²) in [5.74, 6) is -0.0247. The summed E-state index contributed by atoms with van der Waals surface area (Å²) in [4.78, 5) is 14.5. The van der Waals surface area contributed by atoms with E-state index in [9.17, 15) is 4.79 Å². The maximum atomic E-state index is 12.7. The molecule has 2 aromatic rings. The standard InChI is InChI=1S/C20H21NO2/c1-4-13-23-14(2)20(22)21(3)19-17-11-7-5-9-15(17)16-10-6-8-12-18(16)19/h4-12,14,19H,1,13H2,2-3H3/t14-/m1/s1. The molecular weight excluding hydrogens is 286 g/mol. The number of carbonyl (C=O) groups excluding carboxylic acids is 1. The van der Waals surface area contributed by atoms with Gasteiger partial charge in [0.2, 0.25) is 0 Å². The highest BCUT2D eigenvalue weighted by atomic mass is 16.5. The van der Waals surface area contributed by atoms with Crippen LogP contribution in [0.1, 0.15) is 24.1 Å². The molecular formula is C20H21NO2. The van der Waals surface area contributed by atoms with Crippen molar-refractivity contribution in [1.29, 1.82) is 0 Å². The van der Waals surface area contributed by atoms with Crippen molar-refractivity contribution >= 4 is 5.91 Å². The van der Waals surface area contributed by atoms with E-state index in [4.69, 9.17) is 4.74 Å². The number of nitrogens with zero attached hydrogens (tertiary/aromatic N) is 1. The lowest BCUT2D eigenvalue weighted by molar-refractivity contribution is -0.142. The van der Waals surface area contributed by atoms with Crippen molar-refractivity contribution in [3.63, 3.8) is 0 Å². The second kappa shape index (κ2) is 6.39. The quantitative estimate of drug-likeness (QED) is 0.786. The van der Waals surface area contributed by atoms with E-state index < -0.39 is 6.10 Å². The van der Waals surface area contributed by atoms with Gasteiger partial charge in [-0.15, -0.1) is 6.58 Å². The van der Waals surface area contributed by atoms with E-state index in [0.717, 1.165) is 0 Å². The molecule has 0 bridgehead atoms. The minimum atomic E-state index is -0.488. The molecule has 0 radical (unpaired) electrons. The first-order valence-corrected chi connectivity index (χ1v) is 7.82. The lowest BCUT2D eigenvalue weighted by atomic mass is 10.0. The molecule has 0 unspecified atom stereocenters. The first-order chi connectivity index (χ1) is 11.1. The summed E-state index contributed by atoms with van der Waals surface area (Å²) >= 11 is 0. The normalized spacial score (nSPS) is 14.0. The number of ether oxygens (including phenoxy) is 1. The minimum absolute atomic E-state index is 0.0247. The van der Waals surface area contributed by atoms with Gasteiger partial charge in [-0.05, 0) is 29.2 Å². The van der Waals surface area contributed by atoms with Gasteiger partial charge in [-0.25, -0.2) is 0 Å². The van der Waals surface area contributed by atoms with Crippen LogP contribution in [0.15, 0.2) is 61.2 Å². The Kier molecular flexibility index (Phi) is 4.30. The van der Waals surface area contributed by atoms with Crippen LogP contribution in [0.5, 0.6) is 0 Å². The maximum absolute atomic E-state index is 12.7. The Morgan fingerprint density at radius 2 is 1.70 bits per heavy atom. The fourth-order valence-electron chi connectivity index (χ4n) is 3.24. The monoisotopic (exact) mass is 307 g/mol. The molecule has 1 atom stereocenters. The smallest absolute Gasteiger partial charge is 0.251 e. The van der Waals surface area contributed by atoms with Crippen molar-refractivity contribution < 1.29 is 9.53 Å². The first-order valence-electron chi connectivity index (χ1n) is 7.82. The summed E-state index contributed by atoms with van der Waals surface area (Å²) in [5.41, 5.74) is 4.74. The van der Waals surface area contributed by atoms with E-state index in [2.05, 4.69) is 30.8 Å². The van der Waals surface area contributed by atoms with E-state index in [-0.39, 0.29) is 11.9 Å². The van der Waals surface area contributed by atoms with Gasteiger partial charge in [0, 0.05) is 7.05 Å². The molecule has 0 spiro atoms. The third-order valence-corrected chi connectivity index (χ3v) is 4.35. The van der Waals surface area contributed by atoms with Crippen LogP contribution in [-0.2, 0) is 9.53 Å². The fraction of sp³-hybridized carbons (Fsp3) is 0.250. The highest BCUT2D eigenvalue weighted by molar-refractivity contribution is 5.85. The summed E-state index contributed by atoms with van der Waals surface area (Å²) in [6.07, 6.45) is 1.17. The number of benzene rings is 2. The van der Waals surface area contributed by atoms with Gasteiger partial charge in [0.15, 0.2) is 0 Å². The van der Waals surface area contributed by atoms with Crippen molar-refractivity contribution in [1.82, 2.24) is 4.90 Å². The average Bonchev–Trinajstić information content (AvgIpc) is 2.93. The van der Waals surface area contributed by atoms with Crippen molar-refractivity contribution in [3.8, 4) is 11.1 Å². The molecule has 2 aromatic carbocycles. The van der Waals surface area contributed by atoms with Gasteiger partial charge >= 0.3 is 0 Å². The number of amides is 1. The molecule has 0 aliphatic heterocycles. The molecule has 118 valence electrons. The summed E-state index contributed by atoms with van der Waals surface area (Å²) in [6.45, 7) is 5.78. The van der Waals surface area contributed by atoms with Crippen molar-refractivity contribution in [2.45, 2.75) is 19.1 Å². The lowest BCUT2D eigenvalue weighted by Gasteiger charge is -2.29. The number of likely N-dealkylation sites (N-methyl/N-ethyl adjacent to an activating group) is 1. The number of hydrogen-bond acceptors (Lipinski definition) is 2. The third-order valence-electron chi connectivity index (χ3n) is 4.35. The van der Waals surface area contributed by atoms with Gasteiger partial charge < -0.3 is 9.64 Å². The zero-order valence-electron chi connectivity index (χ0n) is 13.5. The van der Waals surface area contributed by atoms with E-state index in [1.54, 1.807) is 17.9 Å². The van der Waals surface area contributed by atoms with Gasteiger partial charge in [0.05, 0.1) is 12.6 Å². The number of fused-ring (bicyclic) bond motifs is 3. The molecule has 0 heterocycles. The molecule has 1 aliphatic carbocycles. The Labute approximate surface area is 137 Å². The van der Waals surface area contributed by atoms with Gasteiger partial charge in [0.1, 0.15) is 6.10 Å². The van der Waals surface area contributed by atoms with E-state index in [1.165, 1.54) is 22.3 Å². The van der Waals surface area contributed by atoms with Crippen LogP contribution in [0, 0.1) is 0 Å². The van der Waals surface area contributed by atoms with Gasteiger partial charge in [-0.2, -0.15) is 0 Å². The molecule has 23 heavy (non-hydrogen) atoms. The van der Waals surface area contributed by atoms with Crippen LogP contribution < -0.4 is 0 Å². The van der Waals surface area contributed by atoms with Crippen LogP contribution in [0.25, 0.3) is 11.1 Å². The molecule has 1 aliphatic rings. The summed E-state index contributed by atoms with van der Waals surface area (Å²) < 4.78 is 5.50. The highest BCUT2D eigenvalue weighted by Crippen LogP contribution is 2.45. The number of rotatable bonds is 5. The Morgan fingerprint density at radius 3 is 2.22 bits per heavy atom. The summed E-state index contributed by atoms with van der Waals surface area (Å²) in [7, 11) is 1.85. The molecule has 0 saturated heterocycles. The van der Waals surface area contributed by atoms with Crippen LogP contribution in [0.4, 0.5) is 0 Å². The van der Waals surface area contributed by atoms with Gasteiger partial charge in [0.25, 0.3) is 5.91 Å². The molecule has 3 rings (SSSR count). The van der Waals surface area contributed by atoms with E-state index in [1.807, 2.05) is 31.3 Å². The molecule has 0 aromatic heterocycles. The molecule has 0 fully saturated rings. The number of carbonyl (C=O) groups is 1. The molecule has 0 N–H and O–H groups in total. The summed E-state index contributed by atoms with van der Waals surface area (Å²) in [5, 5.41) is 0. The Hall–Kier alpha value is -2.39. The van der Waals surface area contributed by atoms with Crippen LogP contribution in [0.2, 0.25) is 0 Å². The Morgan fingerprint density at radius 1 is 1.17 bits per heavy atom. The van der Waals surface area contributed by atoms with Crippen molar-refractivity contribution in [2.75, 3.05) is 13.7 Å². The van der Waals surface area contributed by atoms with Crippen LogP contribution >= 0.6 is 0 Å². The molecule has 3 heteroatoms. The topological polar surface area (TPSA) is 29.5 Å². The van der Waals surface area contributed by atoms with Gasteiger partial charge in [-0.3, -0.25) is 4.79 Å². The predicted octanol–water partition coefficient (Wildman–Crippen LogP) is 3.81. The highest BCUT2D eigenvalue weighted by Gasteiger charge is 2.34. The second-order valence-electron chi connectivity index (χ2n) is 5.79. The SMILES string of the molecule is C=CCO[C@H](C)C(=O)N(C)C1c2ccccc2-c2ccccc21. The molecule has 0 saturated carbocycles. The lowest BCUT2D eigenvalue weighted by Crippen LogP contribution is -2.38. The van der Waals surface area contributed by atoms with Crippen molar-refractivity contribution in [3.05, 3.63) is 72.3 Å². The predicted molar refractivity (Wildman–Crippen MR) is 92.1 cm³/mol. The zero-order chi connectivity index (χ0) is 16.4. The van der Waals surface area contributed by atoms with Crippen LogP contribution in [-0.4, -0.2) is 30.6 Å². The first kappa shape index (κ1) is 15.5. The van der Waals surface area contributed by atoms with E-state index >= 15 is 0 Å². The number of hydrogen-bond donors (Lipinski definition) is 0. The zero-order valence-corrected chi connectivity index (χ0v) is 13.5. The maximum Gasteiger partial charge on any atom is 0.251 e. The molecule has 3 nitrogen and oxygen atoms in total. The van der Waals surface area contributed by atoms with Gasteiger partial charge in [-0.1, -0.05) is 54.6 Å². The largest absolute Gasteiger partial charge is 0.365 e. The average molecular weight is 307 g/mol. The Bertz CT molecular complexity index is 692.